The van der Waals surface area contributed by atoms with Crippen LogP contribution in [0, 0.1) is 5.82 Å². The molecule has 0 spiro atoms. The molecule has 8 heteroatoms. The normalized spacial score (nSPS) is 20.7. The highest BCUT2D eigenvalue weighted by atomic mass is 35.5. The molecular formula is C21H21ClF4N2O. The van der Waals surface area contributed by atoms with Gasteiger partial charge in [0.15, 0.2) is 0 Å². The van der Waals surface area contributed by atoms with E-state index in [1.807, 2.05) is 13.8 Å². The van der Waals surface area contributed by atoms with E-state index >= 15 is 0 Å². The smallest absolute Gasteiger partial charge is 0.333 e. The first-order chi connectivity index (χ1) is 13.6. The maximum absolute atomic E-state index is 13.1. The van der Waals surface area contributed by atoms with Crippen molar-refractivity contribution in [3.05, 3.63) is 70.0 Å². The minimum atomic E-state index is -4.55. The second-order valence-corrected chi connectivity index (χ2v) is 7.81. The van der Waals surface area contributed by atoms with Gasteiger partial charge < -0.3 is 4.90 Å². The van der Waals surface area contributed by atoms with Crippen molar-refractivity contribution in [3.63, 3.8) is 0 Å². The maximum atomic E-state index is 13.1. The molecule has 1 heterocycles. The Morgan fingerprint density at radius 1 is 1.07 bits per heavy atom. The van der Waals surface area contributed by atoms with Gasteiger partial charge in [-0.25, -0.2) is 4.39 Å². The fourth-order valence-corrected chi connectivity index (χ4v) is 3.74. The molecule has 2 aromatic carbocycles. The Labute approximate surface area is 171 Å². The van der Waals surface area contributed by atoms with Crippen molar-refractivity contribution in [2.75, 3.05) is 13.1 Å². The van der Waals surface area contributed by atoms with Crippen LogP contribution in [0.25, 0.3) is 0 Å². The quantitative estimate of drug-likeness (QED) is 0.625. The SMILES string of the molecule is C[C@H]1CN(C(=O)c2cc(C(F)(F)F)ccc2Cl)[C@@H](C)CN1Cc1ccc(F)cc1. The van der Waals surface area contributed by atoms with Gasteiger partial charge in [0.25, 0.3) is 5.91 Å². The predicted octanol–water partition coefficient (Wildman–Crippen LogP) is 5.23. The van der Waals surface area contributed by atoms with Gasteiger partial charge in [0, 0.05) is 31.7 Å². The van der Waals surface area contributed by atoms with Crippen molar-refractivity contribution < 1.29 is 22.4 Å². The van der Waals surface area contributed by atoms with Gasteiger partial charge in [0.1, 0.15) is 5.82 Å². The molecule has 2 atom stereocenters. The average molecular weight is 429 g/mol. The number of carbonyl (C=O) groups is 1. The van der Waals surface area contributed by atoms with Crippen molar-refractivity contribution in [3.8, 4) is 0 Å². The molecule has 0 unspecified atom stereocenters. The summed E-state index contributed by atoms with van der Waals surface area (Å²) in [6.07, 6.45) is -4.55. The molecule has 1 fully saturated rings. The summed E-state index contributed by atoms with van der Waals surface area (Å²) >= 11 is 6.04. The number of benzene rings is 2. The number of nitrogens with zero attached hydrogens (tertiary/aromatic N) is 2. The Morgan fingerprint density at radius 2 is 1.72 bits per heavy atom. The van der Waals surface area contributed by atoms with E-state index in [0.717, 1.165) is 23.8 Å². The molecule has 2 aromatic rings. The molecule has 1 aliphatic heterocycles. The molecule has 0 aromatic heterocycles. The number of hydrogen-bond acceptors (Lipinski definition) is 2. The van der Waals surface area contributed by atoms with Crippen LogP contribution in [0.2, 0.25) is 5.02 Å². The number of alkyl halides is 3. The molecule has 0 saturated carbocycles. The van der Waals surface area contributed by atoms with Crippen molar-refractivity contribution in [2.45, 2.75) is 38.7 Å². The van der Waals surface area contributed by atoms with E-state index in [1.165, 1.54) is 12.1 Å². The van der Waals surface area contributed by atoms with Crippen molar-refractivity contribution in [1.82, 2.24) is 9.80 Å². The minimum absolute atomic E-state index is 0.00315. The zero-order valence-corrected chi connectivity index (χ0v) is 16.8. The van der Waals surface area contributed by atoms with Gasteiger partial charge in [0.2, 0.25) is 0 Å². The summed E-state index contributed by atoms with van der Waals surface area (Å²) in [5.74, 6) is -0.814. The van der Waals surface area contributed by atoms with Gasteiger partial charge in [-0.3, -0.25) is 9.69 Å². The molecule has 156 valence electrons. The molecule has 1 amide bonds. The van der Waals surface area contributed by atoms with E-state index in [2.05, 4.69) is 4.90 Å². The lowest BCUT2D eigenvalue weighted by Crippen LogP contribution is -2.57. The first-order valence-electron chi connectivity index (χ1n) is 9.22. The minimum Gasteiger partial charge on any atom is -0.333 e. The molecular weight excluding hydrogens is 408 g/mol. The highest BCUT2D eigenvalue weighted by Gasteiger charge is 2.35. The molecule has 1 aliphatic rings. The second-order valence-electron chi connectivity index (χ2n) is 7.40. The summed E-state index contributed by atoms with van der Waals surface area (Å²) in [5, 5.41) is -0.00315. The Bertz CT molecular complexity index is 885. The lowest BCUT2D eigenvalue weighted by Gasteiger charge is -2.44. The highest BCUT2D eigenvalue weighted by molar-refractivity contribution is 6.33. The number of rotatable bonds is 3. The highest BCUT2D eigenvalue weighted by Crippen LogP contribution is 2.33. The summed E-state index contributed by atoms with van der Waals surface area (Å²) in [6, 6.07) is 8.78. The fourth-order valence-electron chi connectivity index (χ4n) is 3.55. The predicted molar refractivity (Wildman–Crippen MR) is 103 cm³/mol. The van der Waals surface area contributed by atoms with E-state index in [9.17, 15) is 22.4 Å². The summed E-state index contributed by atoms with van der Waals surface area (Å²) in [6.45, 7) is 5.29. The van der Waals surface area contributed by atoms with Crippen LogP contribution >= 0.6 is 11.6 Å². The lowest BCUT2D eigenvalue weighted by molar-refractivity contribution is -0.137. The van der Waals surface area contributed by atoms with E-state index in [0.29, 0.717) is 19.6 Å². The summed E-state index contributed by atoms with van der Waals surface area (Å²) in [7, 11) is 0. The Morgan fingerprint density at radius 3 is 2.34 bits per heavy atom. The number of carbonyl (C=O) groups excluding carboxylic acids is 1. The Hall–Kier alpha value is -2.12. The largest absolute Gasteiger partial charge is 0.416 e. The molecule has 0 bridgehead atoms. The molecule has 1 saturated heterocycles. The summed E-state index contributed by atoms with van der Waals surface area (Å²) < 4.78 is 52.2. The van der Waals surface area contributed by atoms with E-state index < -0.39 is 17.6 Å². The van der Waals surface area contributed by atoms with Crippen LogP contribution in [-0.4, -0.2) is 40.9 Å². The van der Waals surface area contributed by atoms with Crippen LogP contribution in [0.1, 0.15) is 35.3 Å². The zero-order chi connectivity index (χ0) is 21.3. The molecule has 3 rings (SSSR count). The molecule has 29 heavy (non-hydrogen) atoms. The summed E-state index contributed by atoms with van der Waals surface area (Å²) in [4.78, 5) is 16.7. The third kappa shape index (κ3) is 4.90. The van der Waals surface area contributed by atoms with Crippen LogP contribution in [-0.2, 0) is 12.7 Å². The van der Waals surface area contributed by atoms with Crippen molar-refractivity contribution >= 4 is 17.5 Å². The van der Waals surface area contributed by atoms with Gasteiger partial charge in [-0.1, -0.05) is 23.7 Å². The monoisotopic (exact) mass is 428 g/mol. The van der Waals surface area contributed by atoms with Gasteiger partial charge in [-0.15, -0.1) is 0 Å². The average Bonchev–Trinajstić information content (AvgIpc) is 2.65. The Kier molecular flexibility index (Phi) is 6.19. The topological polar surface area (TPSA) is 23.6 Å². The Balaban J connectivity index is 1.76. The van der Waals surface area contributed by atoms with Crippen LogP contribution in [0.3, 0.4) is 0 Å². The lowest BCUT2D eigenvalue weighted by atomic mass is 10.0. The number of hydrogen-bond donors (Lipinski definition) is 0. The van der Waals surface area contributed by atoms with E-state index in [1.54, 1.807) is 17.0 Å². The second kappa shape index (κ2) is 8.32. The van der Waals surface area contributed by atoms with Crippen LogP contribution in [0.4, 0.5) is 17.6 Å². The maximum Gasteiger partial charge on any atom is 0.416 e. The number of halogens is 5. The zero-order valence-electron chi connectivity index (χ0n) is 16.0. The van der Waals surface area contributed by atoms with Crippen LogP contribution in [0.15, 0.2) is 42.5 Å². The fraction of sp³-hybridized carbons (Fsp3) is 0.381. The van der Waals surface area contributed by atoms with Crippen LogP contribution in [0.5, 0.6) is 0 Å². The first kappa shape index (κ1) is 21.6. The van der Waals surface area contributed by atoms with E-state index in [4.69, 9.17) is 11.6 Å². The molecule has 0 N–H and O–H groups in total. The standard InChI is InChI=1S/C21H21ClF4N2O/c1-13-11-28(14(2)10-27(13)12-15-3-6-17(23)7-4-15)20(29)18-9-16(21(24,25)26)5-8-19(18)22/h3-9,13-14H,10-12H2,1-2H3/t13-,14-/m0/s1. The number of amides is 1. The van der Waals surface area contributed by atoms with Gasteiger partial charge >= 0.3 is 6.18 Å². The summed E-state index contributed by atoms with van der Waals surface area (Å²) in [5.41, 5.74) is -0.0976. The molecule has 0 aliphatic carbocycles. The third-order valence-corrected chi connectivity index (χ3v) is 5.53. The van der Waals surface area contributed by atoms with Gasteiger partial charge in [0.05, 0.1) is 16.1 Å². The van der Waals surface area contributed by atoms with Crippen molar-refractivity contribution in [1.29, 1.82) is 0 Å². The molecule has 0 radical (unpaired) electrons. The third-order valence-electron chi connectivity index (χ3n) is 5.20. The van der Waals surface area contributed by atoms with Crippen LogP contribution < -0.4 is 0 Å². The van der Waals surface area contributed by atoms with E-state index in [-0.39, 0.29) is 28.5 Å². The van der Waals surface area contributed by atoms with Gasteiger partial charge in [-0.05, 0) is 49.7 Å². The molecule has 3 nitrogen and oxygen atoms in total. The number of piperazine rings is 1. The van der Waals surface area contributed by atoms with Crippen molar-refractivity contribution in [2.24, 2.45) is 0 Å². The first-order valence-corrected chi connectivity index (χ1v) is 9.60. The van der Waals surface area contributed by atoms with Gasteiger partial charge in [-0.2, -0.15) is 13.2 Å².